The van der Waals surface area contributed by atoms with Crippen LogP contribution in [0.3, 0.4) is 0 Å². The Labute approximate surface area is 99.4 Å². The van der Waals surface area contributed by atoms with Crippen molar-refractivity contribution in [2.75, 3.05) is 12.8 Å². The number of nitrogen functional groups attached to an aromatic ring is 1. The number of phenols is 1. The summed E-state index contributed by atoms with van der Waals surface area (Å²) in [7, 11) is 3.28. The third-order valence-electron chi connectivity index (χ3n) is 2.81. The first-order chi connectivity index (χ1) is 8.06. The molecule has 1 heterocycles. The fraction of sp³-hybridized carbons (Fsp3) is 0.250. The molecule has 0 amide bonds. The summed E-state index contributed by atoms with van der Waals surface area (Å²) in [5.41, 5.74) is 8.07. The number of anilines is 1. The van der Waals surface area contributed by atoms with Gasteiger partial charge in [0.1, 0.15) is 5.82 Å². The van der Waals surface area contributed by atoms with Gasteiger partial charge < -0.3 is 15.6 Å². The summed E-state index contributed by atoms with van der Waals surface area (Å²) in [5, 5.41) is 14.2. The van der Waals surface area contributed by atoms with Crippen LogP contribution in [0.15, 0.2) is 18.3 Å². The van der Waals surface area contributed by atoms with Crippen LogP contribution in [0, 0.1) is 6.92 Å². The van der Waals surface area contributed by atoms with Crippen molar-refractivity contribution < 1.29 is 9.84 Å². The van der Waals surface area contributed by atoms with Gasteiger partial charge in [0, 0.05) is 18.2 Å². The molecule has 0 unspecified atom stereocenters. The molecule has 0 spiro atoms. The molecule has 0 atom stereocenters. The standard InChI is InChI=1S/C12H15N3O2/c1-7-4-5-8(10(16)11(7)17-3)9-6-14-15(2)12(9)13/h4-6,16H,13H2,1-3H3. The van der Waals surface area contributed by atoms with Crippen LogP contribution < -0.4 is 10.5 Å². The fourth-order valence-corrected chi connectivity index (χ4v) is 1.80. The van der Waals surface area contributed by atoms with Gasteiger partial charge in [-0.25, -0.2) is 0 Å². The second kappa shape index (κ2) is 4.01. The number of phenolic OH excluding ortho intramolecular Hbond substituents is 1. The van der Waals surface area contributed by atoms with Gasteiger partial charge >= 0.3 is 0 Å². The molecule has 0 radical (unpaired) electrons. The highest BCUT2D eigenvalue weighted by Crippen LogP contribution is 2.40. The highest BCUT2D eigenvalue weighted by molar-refractivity contribution is 5.80. The number of aromatic nitrogens is 2. The molecule has 2 rings (SSSR count). The first kappa shape index (κ1) is 11.3. The van der Waals surface area contributed by atoms with Crippen molar-refractivity contribution >= 4 is 5.82 Å². The van der Waals surface area contributed by atoms with Gasteiger partial charge in [0.2, 0.25) is 0 Å². The molecule has 2 aromatic rings. The van der Waals surface area contributed by atoms with Crippen molar-refractivity contribution in [2.45, 2.75) is 6.92 Å². The second-order valence-electron chi connectivity index (χ2n) is 3.88. The van der Waals surface area contributed by atoms with Crippen molar-refractivity contribution in [3.8, 4) is 22.6 Å². The van der Waals surface area contributed by atoms with Crippen molar-refractivity contribution in [1.29, 1.82) is 0 Å². The Morgan fingerprint density at radius 3 is 2.59 bits per heavy atom. The van der Waals surface area contributed by atoms with E-state index in [9.17, 15) is 5.11 Å². The number of methoxy groups -OCH3 is 1. The molecule has 5 nitrogen and oxygen atoms in total. The van der Waals surface area contributed by atoms with Crippen LogP contribution in [0.5, 0.6) is 11.5 Å². The Hall–Kier alpha value is -2.17. The lowest BCUT2D eigenvalue weighted by Gasteiger charge is -2.11. The van der Waals surface area contributed by atoms with Gasteiger partial charge in [-0.15, -0.1) is 0 Å². The molecule has 0 saturated carbocycles. The minimum absolute atomic E-state index is 0.0900. The van der Waals surface area contributed by atoms with Crippen LogP contribution in [-0.4, -0.2) is 22.0 Å². The number of nitrogens with two attached hydrogens (primary N) is 1. The van der Waals surface area contributed by atoms with E-state index in [1.54, 1.807) is 24.0 Å². The van der Waals surface area contributed by atoms with E-state index in [-0.39, 0.29) is 5.75 Å². The normalized spacial score (nSPS) is 10.5. The fourth-order valence-electron chi connectivity index (χ4n) is 1.80. The Balaban J connectivity index is 2.65. The first-order valence-electron chi connectivity index (χ1n) is 5.20. The zero-order valence-corrected chi connectivity index (χ0v) is 10.1. The molecule has 0 aliphatic carbocycles. The minimum atomic E-state index is 0.0900. The molecule has 0 saturated heterocycles. The molecule has 5 heteroatoms. The van der Waals surface area contributed by atoms with Crippen molar-refractivity contribution in [2.24, 2.45) is 7.05 Å². The van der Waals surface area contributed by atoms with Crippen LogP contribution in [-0.2, 0) is 7.05 Å². The van der Waals surface area contributed by atoms with Crippen LogP contribution in [0.25, 0.3) is 11.1 Å². The third kappa shape index (κ3) is 1.69. The summed E-state index contributed by atoms with van der Waals surface area (Å²) < 4.78 is 6.72. The van der Waals surface area contributed by atoms with Gasteiger partial charge in [-0.05, 0) is 18.6 Å². The Morgan fingerprint density at radius 1 is 1.35 bits per heavy atom. The Bertz CT molecular complexity index is 561. The zero-order valence-electron chi connectivity index (χ0n) is 10.1. The number of aromatic hydroxyl groups is 1. The van der Waals surface area contributed by atoms with Crippen molar-refractivity contribution in [1.82, 2.24) is 9.78 Å². The van der Waals surface area contributed by atoms with E-state index >= 15 is 0 Å². The molecular formula is C12H15N3O2. The van der Waals surface area contributed by atoms with Crippen LogP contribution >= 0.6 is 0 Å². The van der Waals surface area contributed by atoms with Gasteiger partial charge in [0.05, 0.1) is 13.3 Å². The Kier molecular flexibility index (Phi) is 2.67. The maximum atomic E-state index is 10.1. The monoisotopic (exact) mass is 233 g/mol. The molecule has 90 valence electrons. The number of hydrogen-bond donors (Lipinski definition) is 2. The average molecular weight is 233 g/mol. The zero-order chi connectivity index (χ0) is 12.6. The predicted octanol–water partition coefficient (Wildman–Crippen LogP) is 1.69. The maximum absolute atomic E-state index is 10.1. The number of nitrogens with zero attached hydrogens (tertiary/aromatic N) is 2. The quantitative estimate of drug-likeness (QED) is 0.827. The maximum Gasteiger partial charge on any atom is 0.166 e. The van der Waals surface area contributed by atoms with Crippen molar-refractivity contribution in [3.63, 3.8) is 0 Å². The summed E-state index contributed by atoms with van der Waals surface area (Å²) >= 11 is 0. The Morgan fingerprint density at radius 2 is 2.06 bits per heavy atom. The van der Waals surface area contributed by atoms with Crippen LogP contribution in [0.4, 0.5) is 5.82 Å². The highest BCUT2D eigenvalue weighted by Gasteiger charge is 2.16. The SMILES string of the molecule is COc1c(C)ccc(-c2cnn(C)c2N)c1O. The summed E-state index contributed by atoms with van der Waals surface area (Å²) in [6.07, 6.45) is 1.62. The van der Waals surface area contributed by atoms with Gasteiger partial charge in [-0.1, -0.05) is 6.07 Å². The number of benzene rings is 1. The van der Waals surface area contributed by atoms with E-state index < -0.39 is 0 Å². The van der Waals surface area contributed by atoms with E-state index in [0.717, 1.165) is 5.56 Å². The number of aryl methyl sites for hydroxylation is 2. The molecule has 17 heavy (non-hydrogen) atoms. The summed E-state index contributed by atoms with van der Waals surface area (Å²) in [6.45, 7) is 1.87. The topological polar surface area (TPSA) is 73.3 Å². The molecule has 1 aromatic carbocycles. The van der Waals surface area contributed by atoms with Crippen molar-refractivity contribution in [3.05, 3.63) is 23.9 Å². The second-order valence-corrected chi connectivity index (χ2v) is 3.88. The number of rotatable bonds is 2. The molecule has 0 aliphatic rings. The van der Waals surface area contributed by atoms with Gasteiger partial charge in [0.15, 0.2) is 11.5 Å². The van der Waals surface area contributed by atoms with E-state index in [1.165, 1.54) is 7.11 Å². The van der Waals surface area contributed by atoms with E-state index in [4.69, 9.17) is 10.5 Å². The molecule has 1 aromatic heterocycles. The minimum Gasteiger partial charge on any atom is -0.504 e. The summed E-state index contributed by atoms with van der Waals surface area (Å²) in [5.74, 6) is 1.06. The average Bonchev–Trinajstić information content (AvgIpc) is 2.61. The van der Waals surface area contributed by atoms with Crippen LogP contribution in [0.1, 0.15) is 5.56 Å². The summed E-state index contributed by atoms with van der Waals surface area (Å²) in [4.78, 5) is 0. The lowest BCUT2D eigenvalue weighted by molar-refractivity contribution is 0.372. The number of hydrogen-bond acceptors (Lipinski definition) is 4. The molecular weight excluding hydrogens is 218 g/mol. The highest BCUT2D eigenvalue weighted by atomic mass is 16.5. The third-order valence-corrected chi connectivity index (χ3v) is 2.81. The van der Waals surface area contributed by atoms with Gasteiger partial charge in [-0.2, -0.15) is 5.10 Å². The largest absolute Gasteiger partial charge is 0.504 e. The summed E-state index contributed by atoms with van der Waals surface area (Å²) in [6, 6.07) is 3.68. The molecule has 0 bridgehead atoms. The van der Waals surface area contributed by atoms with E-state index in [0.29, 0.717) is 22.7 Å². The van der Waals surface area contributed by atoms with Gasteiger partial charge in [-0.3, -0.25) is 4.68 Å². The lowest BCUT2D eigenvalue weighted by atomic mass is 10.0. The van der Waals surface area contributed by atoms with Gasteiger partial charge in [0.25, 0.3) is 0 Å². The molecule has 0 fully saturated rings. The number of ether oxygens (including phenoxy) is 1. The smallest absolute Gasteiger partial charge is 0.166 e. The molecule has 0 aliphatic heterocycles. The predicted molar refractivity (Wildman–Crippen MR) is 66.0 cm³/mol. The van der Waals surface area contributed by atoms with Crippen LogP contribution in [0.2, 0.25) is 0 Å². The lowest BCUT2D eigenvalue weighted by Crippen LogP contribution is -1.98. The van der Waals surface area contributed by atoms with E-state index in [2.05, 4.69) is 5.10 Å². The first-order valence-corrected chi connectivity index (χ1v) is 5.20. The molecule has 3 N–H and O–H groups in total. The van der Waals surface area contributed by atoms with E-state index in [1.807, 2.05) is 13.0 Å².